The van der Waals surface area contributed by atoms with Crippen molar-refractivity contribution >= 4 is 5.91 Å². The molecule has 2 rings (SSSR count). The van der Waals surface area contributed by atoms with Crippen LogP contribution < -0.4 is 11.5 Å². The highest BCUT2D eigenvalue weighted by atomic mass is 16.2. The average molecular weight is 183 g/mol. The van der Waals surface area contributed by atoms with Gasteiger partial charge in [-0.05, 0) is 19.3 Å². The second-order valence-corrected chi connectivity index (χ2v) is 4.06. The van der Waals surface area contributed by atoms with Gasteiger partial charge >= 0.3 is 0 Å². The Hall–Kier alpha value is -0.610. The van der Waals surface area contributed by atoms with Crippen molar-refractivity contribution in [3.63, 3.8) is 0 Å². The van der Waals surface area contributed by atoms with Crippen molar-refractivity contribution in [1.29, 1.82) is 0 Å². The molecule has 0 saturated carbocycles. The zero-order valence-corrected chi connectivity index (χ0v) is 7.78. The molecule has 2 aliphatic rings. The SMILES string of the molecule is NCC1CCC2C(N)CCN2C1=O. The van der Waals surface area contributed by atoms with Crippen molar-refractivity contribution < 1.29 is 4.79 Å². The minimum absolute atomic E-state index is 0.0570. The van der Waals surface area contributed by atoms with Gasteiger partial charge < -0.3 is 16.4 Å². The summed E-state index contributed by atoms with van der Waals surface area (Å²) in [4.78, 5) is 13.7. The van der Waals surface area contributed by atoms with E-state index in [4.69, 9.17) is 11.5 Å². The van der Waals surface area contributed by atoms with Crippen LogP contribution in [0.4, 0.5) is 0 Å². The molecule has 0 spiro atoms. The van der Waals surface area contributed by atoms with Gasteiger partial charge in [0.2, 0.25) is 5.91 Å². The fourth-order valence-electron chi connectivity index (χ4n) is 2.47. The van der Waals surface area contributed by atoms with Crippen molar-refractivity contribution in [2.24, 2.45) is 17.4 Å². The highest BCUT2D eigenvalue weighted by Gasteiger charge is 2.40. The fraction of sp³-hybridized carbons (Fsp3) is 0.889. The van der Waals surface area contributed by atoms with E-state index in [2.05, 4.69) is 0 Å². The number of carbonyl (C=O) groups excluding carboxylic acids is 1. The van der Waals surface area contributed by atoms with Gasteiger partial charge in [-0.2, -0.15) is 0 Å². The molecule has 3 unspecified atom stereocenters. The Bertz CT molecular complexity index is 219. The predicted octanol–water partition coefficient (Wildman–Crippen LogP) is -0.717. The van der Waals surface area contributed by atoms with Crippen molar-refractivity contribution in [1.82, 2.24) is 4.90 Å². The highest BCUT2D eigenvalue weighted by molar-refractivity contribution is 5.80. The second kappa shape index (κ2) is 3.27. The number of hydrogen-bond acceptors (Lipinski definition) is 3. The van der Waals surface area contributed by atoms with Crippen LogP contribution in [0.25, 0.3) is 0 Å². The minimum Gasteiger partial charge on any atom is -0.338 e. The Morgan fingerprint density at radius 1 is 1.38 bits per heavy atom. The molecule has 3 atom stereocenters. The summed E-state index contributed by atoms with van der Waals surface area (Å²) in [5, 5.41) is 0. The van der Waals surface area contributed by atoms with Gasteiger partial charge in [0.15, 0.2) is 0 Å². The molecule has 2 heterocycles. The Balaban J connectivity index is 2.10. The zero-order chi connectivity index (χ0) is 9.42. The molecule has 2 fully saturated rings. The third kappa shape index (κ3) is 1.34. The molecular weight excluding hydrogens is 166 g/mol. The van der Waals surface area contributed by atoms with E-state index in [-0.39, 0.29) is 17.9 Å². The first-order chi connectivity index (χ1) is 6.24. The third-order valence-corrected chi connectivity index (χ3v) is 3.33. The van der Waals surface area contributed by atoms with E-state index in [1.165, 1.54) is 0 Å². The van der Waals surface area contributed by atoms with Gasteiger partial charge in [-0.25, -0.2) is 0 Å². The van der Waals surface area contributed by atoms with Crippen molar-refractivity contribution in [3.05, 3.63) is 0 Å². The minimum atomic E-state index is 0.0570. The average Bonchev–Trinajstić information content (AvgIpc) is 2.50. The molecule has 0 aromatic rings. The Labute approximate surface area is 78.2 Å². The molecule has 1 amide bonds. The quantitative estimate of drug-likeness (QED) is 0.563. The predicted molar refractivity (Wildman–Crippen MR) is 49.9 cm³/mol. The Morgan fingerprint density at radius 2 is 2.15 bits per heavy atom. The molecule has 4 nitrogen and oxygen atoms in total. The van der Waals surface area contributed by atoms with Gasteiger partial charge in [0.1, 0.15) is 0 Å². The van der Waals surface area contributed by atoms with Crippen molar-refractivity contribution in [2.75, 3.05) is 13.1 Å². The maximum Gasteiger partial charge on any atom is 0.227 e. The standard InChI is InChI=1S/C9H17N3O/c10-5-6-1-2-8-7(11)3-4-12(8)9(6)13/h6-8H,1-5,10-11H2. The summed E-state index contributed by atoms with van der Waals surface area (Å²) in [6.45, 7) is 1.32. The summed E-state index contributed by atoms with van der Waals surface area (Å²) >= 11 is 0. The summed E-state index contributed by atoms with van der Waals surface area (Å²) in [6.07, 6.45) is 2.91. The second-order valence-electron chi connectivity index (χ2n) is 4.06. The lowest BCUT2D eigenvalue weighted by Crippen LogP contribution is -2.50. The zero-order valence-electron chi connectivity index (χ0n) is 7.78. The van der Waals surface area contributed by atoms with Gasteiger partial charge in [-0.15, -0.1) is 0 Å². The summed E-state index contributed by atoms with van der Waals surface area (Å²) in [7, 11) is 0. The number of fused-ring (bicyclic) bond motifs is 1. The van der Waals surface area contributed by atoms with Crippen LogP contribution in [0.15, 0.2) is 0 Å². The van der Waals surface area contributed by atoms with Crippen LogP contribution in [0.1, 0.15) is 19.3 Å². The number of carbonyl (C=O) groups is 1. The maximum atomic E-state index is 11.8. The van der Waals surface area contributed by atoms with E-state index < -0.39 is 0 Å². The molecule has 0 aliphatic carbocycles. The van der Waals surface area contributed by atoms with Crippen LogP contribution in [0.5, 0.6) is 0 Å². The third-order valence-electron chi connectivity index (χ3n) is 3.33. The van der Waals surface area contributed by atoms with Crippen LogP contribution in [0.3, 0.4) is 0 Å². The van der Waals surface area contributed by atoms with E-state index in [0.717, 1.165) is 25.8 Å². The summed E-state index contributed by atoms with van der Waals surface area (Å²) in [5.41, 5.74) is 11.4. The molecule has 13 heavy (non-hydrogen) atoms. The van der Waals surface area contributed by atoms with Crippen LogP contribution >= 0.6 is 0 Å². The lowest BCUT2D eigenvalue weighted by Gasteiger charge is -2.35. The molecule has 0 radical (unpaired) electrons. The van der Waals surface area contributed by atoms with Crippen LogP contribution in [-0.4, -0.2) is 36.0 Å². The van der Waals surface area contributed by atoms with Gasteiger partial charge in [0, 0.05) is 25.2 Å². The molecule has 4 N–H and O–H groups in total. The van der Waals surface area contributed by atoms with Crippen molar-refractivity contribution in [3.8, 4) is 0 Å². The maximum absolute atomic E-state index is 11.8. The number of nitrogens with two attached hydrogens (primary N) is 2. The lowest BCUT2D eigenvalue weighted by molar-refractivity contribution is -0.139. The first-order valence-corrected chi connectivity index (χ1v) is 5.00. The van der Waals surface area contributed by atoms with E-state index in [1.807, 2.05) is 4.90 Å². The number of nitrogens with zero attached hydrogens (tertiary/aromatic N) is 1. The van der Waals surface area contributed by atoms with E-state index >= 15 is 0 Å². The normalized spacial score (nSPS) is 39.4. The molecule has 0 bridgehead atoms. The molecular formula is C9H17N3O. The Kier molecular flexibility index (Phi) is 2.26. The summed E-state index contributed by atoms with van der Waals surface area (Å²) < 4.78 is 0. The van der Waals surface area contributed by atoms with Gasteiger partial charge in [0.25, 0.3) is 0 Å². The van der Waals surface area contributed by atoms with E-state index in [1.54, 1.807) is 0 Å². The van der Waals surface area contributed by atoms with Crippen LogP contribution in [0.2, 0.25) is 0 Å². The van der Waals surface area contributed by atoms with Crippen LogP contribution in [0, 0.1) is 5.92 Å². The monoisotopic (exact) mass is 183 g/mol. The number of rotatable bonds is 1. The highest BCUT2D eigenvalue weighted by Crippen LogP contribution is 2.29. The van der Waals surface area contributed by atoms with E-state index in [9.17, 15) is 4.79 Å². The summed E-state index contributed by atoms with van der Waals surface area (Å²) in [5.74, 6) is 0.285. The lowest BCUT2D eigenvalue weighted by atomic mass is 9.91. The largest absolute Gasteiger partial charge is 0.338 e. The first-order valence-electron chi connectivity index (χ1n) is 5.00. The molecule has 2 saturated heterocycles. The molecule has 74 valence electrons. The molecule has 0 aromatic carbocycles. The molecule has 4 heteroatoms. The number of piperidine rings is 1. The van der Waals surface area contributed by atoms with Crippen LogP contribution in [-0.2, 0) is 4.79 Å². The number of hydrogen-bond donors (Lipinski definition) is 2. The molecule has 0 aromatic heterocycles. The van der Waals surface area contributed by atoms with Gasteiger partial charge in [-0.3, -0.25) is 4.79 Å². The van der Waals surface area contributed by atoms with Crippen molar-refractivity contribution in [2.45, 2.75) is 31.3 Å². The van der Waals surface area contributed by atoms with Gasteiger partial charge in [0.05, 0.1) is 5.92 Å². The summed E-state index contributed by atoms with van der Waals surface area (Å²) in [6, 6.07) is 0.498. The fourth-order valence-corrected chi connectivity index (χ4v) is 2.47. The smallest absolute Gasteiger partial charge is 0.227 e. The Morgan fingerprint density at radius 3 is 2.85 bits per heavy atom. The first kappa shape index (κ1) is 8.97. The number of amides is 1. The molecule has 2 aliphatic heterocycles. The topological polar surface area (TPSA) is 72.3 Å². The van der Waals surface area contributed by atoms with E-state index in [0.29, 0.717) is 12.6 Å². The van der Waals surface area contributed by atoms with Gasteiger partial charge in [-0.1, -0.05) is 0 Å².